The minimum absolute atomic E-state index is 0.0116. The van der Waals surface area contributed by atoms with E-state index >= 15 is 0 Å². The van der Waals surface area contributed by atoms with Crippen LogP contribution in [-0.4, -0.2) is 35.1 Å². The lowest BCUT2D eigenvalue weighted by Crippen LogP contribution is -2.52. The number of nitrogens with zero attached hydrogens (tertiary/aromatic N) is 1. The Morgan fingerprint density at radius 1 is 1.09 bits per heavy atom. The van der Waals surface area contributed by atoms with Crippen molar-refractivity contribution in [2.45, 2.75) is 68.9 Å². The van der Waals surface area contributed by atoms with Crippen LogP contribution in [0.3, 0.4) is 0 Å². The number of carbonyl (C=O) groups is 1. The Bertz CT molecular complexity index is 507. The SMILES string of the molecule is CN(C(=O)C1(c2ccccc2)CCCC1)[C@@H]1CCCC[C@H]1O. The van der Waals surface area contributed by atoms with Crippen LogP contribution in [0.25, 0.3) is 0 Å². The van der Waals surface area contributed by atoms with Crippen molar-refractivity contribution in [1.82, 2.24) is 4.90 Å². The number of amides is 1. The quantitative estimate of drug-likeness (QED) is 0.931. The molecule has 0 heterocycles. The van der Waals surface area contributed by atoms with Crippen LogP contribution in [0, 0.1) is 0 Å². The van der Waals surface area contributed by atoms with E-state index in [4.69, 9.17) is 0 Å². The second-order valence-corrected chi connectivity index (χ2v) is 6.99. The molecule has 2 saturated carbocycles. The van der Waals surface area contributed by atoms with E-state index < -0.39 is 0 Å². The number of hydrogen-bond acceptors (Lipinski definition) is 2. The van der Waals surface area contributed by atoms with E-state index in [-0.39, 0.29) is 23.5 Å². The van der Waals surface area contributed by atoms with Gasteiger partial charge in [0.05, 0.1) is 17.6 Å². The van der Waals surface area contributed by atoms with Crippen LogP contribution in [-0.2, 0) is 10.2 Å². The van der Waals surface area contributed by atoms with Crippen molar-refractivity contribution >= 4 is 5.91 Å². The summed E-state index contributed by atoms with van der Waals surface area (Å²) in [5.41, 5.74) is 0.780. The standard InChI is InChI=1S/C19H27NO2/c1-20(16-11-5-6-12-17(16)21)18(22)19(13-7-8-14-19)15-9-3-2-4-10-15/h2-4,9-10,16-17,21H,5-8,11-14H2,1H3/t16-,17-/m1/s1. The molecule has 3 rings (SSSR count). The number of carbonyl (C=O) groups excluding carboxylic acids is 1. The molecule has 0 spiro atoms. The highest BCUT2D eigenvalue weighted by Gasteiger charge is 2.46. The Kier molecular flexibility index (Phi) is 4.53. The van der Waals surface area contributed by atoms with E-state index in [0.29, 0.717) is 0 Å². The third kappa shape index (κ3) is 2.67. The molecule has 0 aromatic heterocycles. The van der Waals surface area contributed by atoms with E-state index in [1.165, 1.54) is 0 Å². The lowest BCUT2D eigenvalue weighted by molar-refractivity contribution is -0.141. The molecule has 2 atom stereocenters. The highest BCUT2D eigenvalue weighted by molar-refractivity contribution is 5.88. The van der Waals surface area contributed by atoms with Crippen molar-refractivity contribution in [3.8, 4) is 0 Å². The van der Waals surface area contributed by atoms with Crippen LogP contribution in [0.4, 0.5) is 0 Å². The predicted molar refractivity (Wildman–Crippen MR) is 87.6 cm³/mol. The molecule has 0 aliphatic heterocycles. The van der Waals surface area contributed by atoms with Crippen LogP contribution in [0.1, 0.15) is 56.9 Å². The summed E-state index contributed by atoms with van der Waals surface area (Å²) in [4.78, 5) is 15.2. The number of rotatable bonds is 3. The van der Waals surface area contributed by atoms with Gasteiger partial charge in [-0.2, -0.15) is 0 Å². The van der Waals surface area contributed by atoms with Crippen LogP contribution in [0.2, 0.25) is 0 Å². The average molecular weight is 301 g/mol. The van der Waals surface area contributed by atoms with Gasteiger partial charge in [-0.3, -0.25) is 4.79 Å². The maximum Gasteiger partial charge on any atom is 0.233 e. The molecule has 2 fully saturated rings. The topological polar surface area (TPSA) is 40.5 Å². The number of likely N-dealkylation sites (N-methyl/N-ethyl adjacent to an activating group) is 1. The van der Waals surface area contributed by atoms with E-state index in [0.717, 1.165) is 56.9 Å². The van der Waals surface area contributed by atoms with E-state index in [9.17, 15) is 9.90 Å². The van der Waals surface area contributed by atoms with Gasteiger partial charge in [-0.1, -0.05) is 56.0 Å². The maximum absolute atomic E-state index is 13.3. The molecule has 3 nitrogen and oxygen atoms in total. The van der Waals surface area contributed by atoms with Gasteiger partial charge in [0, 0.05) is 7.05 Å². The summed E-state index contributed by atoms with van der Waals surface area (Å²) in [6.45, 7) is 0. The normalized spacial score (nSPS) is 27.5. The first-order chi connectivity index (χ1) is 10.6. The van der Waals surface area contributed by atoms with Crippen molar-refractivity contribution in [3.05, 3.63) is 35.9 Å². The highest BCUT2D eigenvalue weighted by Crippen LogP contribution is 2.43. The molecule has 0 saturated heterocycles. The fourth-order valence-electron chi connectivity index (χ4n) is 4.39. The van der Waals surface area contributed by atoms with E-state index in [1.54, 1.807) is 0 Å². The van der Waals surface area contributed by atoms with Crippen molar-refractivity contribution in [2.75, 3.05) is 7.05 Å². The summed E-state index contributed by atoms with van der Waals surface area (Å²) in [6, 6.07) is 10.2. The smallest absolute Gasteiger partial charge is 0.233 e. The minimum atomic E-state index is -0.368. The first kappa shape index (κ1) is 15.5. The highest BCUT2D eigenvalue weighted by atomic mass is 16.3. The summed E-state index contributed by atoms with van der Waals surface area (Å²) >= 11 is 0. The zero-order valence-electron chi connectivity index (χ0n) is 13.5. The van der Waals surface area contributed by atoms with Gasteiger partial charge in [0.2, 0.25) is 5.91 Å². The Hall–Kier alpha value is -1.35. The first-order valence-electron chi connectivity index (χ1n) is 8.66. The van der Waals surface area contributed by atoms with Gasteiger partial charge in [-0.05, 0) is 31.2 Å². The second kappa shape index (κ2) is 6.41. The predicted octanol–water partition coefficient (Wildman–Crippen LogP) is 3.26. The van der Waals surface area contributed by atoms with Gasteiger partial charge in [0.1, 0.15) is 0 Å². The lowest BCUT2D eigenvalue weighted by Gasteiger charge is -2.40. The molecule has 120 valence electrons. The molecular formula is C19H27NO2. The van der Waals surface area contributed by atoms with E-state index in [1.807, 2.05) is 30.1 Å². The number of benzene rings is 1. The summed E-state index contributed by atoms with van der Waals surface area (Å²) < 4.78 is 0. The molecule has 1 amide bonds. The van der Waals surface area contributed by atoms with Crippen molar-refractivity contribution < 1.29 is 9.90 Å². The molecule has 2 aliphatic rings. The molecule has 1 aromatic rings. The minimum Gasteiger partial charge on any atom is -0.391 e. The van der Waals surface area contributed by atoms with Gasteiger partial charge in [-0.15, -0.1) is 0 Å². The number of aliphatic hydroxyl groups excluding tert-OH is 1. The van der Waals surface area contributed by atoms with Crippen LogP contribution < -0.4 is 0 Å². The van der Waals surface area contributed by atoms with E-state index in [2.05, 4.69) is 12.1 Å². The Labute approximate surface area is 133 Å². The third-order valence-corrected chi connectivity index (χ3v) is 5.70. The molecule has 0 unspecified atom stereocenters. The maximum atomic E-state index is 13.3. The first-order valence-corrected chi connectivity index (χ1v) is 8.66. The zero-order valence-corrected chi connectivity index (χ0v) is 13.5. The Morgan fingerprint density at radius 2 is 1.73 bits per heavy atom. The van der Waals surface area contributed by atoms with Crippen molar-refractivity contribution in [1.29, 1.82) is 0 Å². The summed E-state index contributed by atoms with van der Waals surface area (Å²) in [6.07, 6.45) is 7.66. The van der Waals surface area contributed by atoms with Gasteiger partial charge >= 0.3 is 0 Å². The van der Waals surface area contributed by atoms with Gasteiger partial charge < -0.3 is 10.0 Å². The molecule has 1 N–H and O–H groups in total. The molecule has 1 aromatic carbocycles. The Morgan fingerprint density at radius 3 is 2.36 bits per heavy atom. The molecule has 22 heavy (non-hydrogen) atoms. The molecule has 0 bridgehead atoms. The monoisotopic (exact) mass is 301 g/mol. The van der Waals surface area contributed by atoms with Crippen molar-refractivity contribution in [3.63, 3.8) is 0 Å². The van der Waals surface area contributed by atoms with Gasteiger partial charge in [0.15, 0.2) is 0 Å². The second-order valence-electron chi connectivity index (χ2n) is 6.99. The molecule has 2 aliphatic carbocycles. The van der Waals surface area contributed by atoms with Crippen LogP contribution in [0.15, 0.2) is 30.3 Å². The third-order valence-electron chi connectivity index (χ3n) is 5.70. The molecule has 0 radical (unpaired) electrons. The average Bonchev–Trinajstić information content (AvgIpc) is 3.06. The lowest BCUT2D eigenvalue weighted by atomic mass is 9.77. The summed E-state index contributed by atoms with van der Waals surface area (Å²) in [7, 11) is 1.89. The largest absolute Gasteiger partial charge is 0.391 e. The molecule has 3 heteroatoms. The number of aliphatic hydroxyl groups is 1. The molecular weight excluding hydrogens is 274 g/mol. The van der Waals surface area contributed by atoms with Crippen molar-refractivity contribution in [2.24, 2.45) is 0 Å². The van der Waals surface area contributed by atoms with Crippen LogP contribution >= 0.6 is 0 Å². The summed E-state index contributed by atoms with van der Waals surface area (Å²) in [5, 5.41) is 10.3. The fraction of sp³-hybridized carbons (Fsp3) is 0.632. The fourth-order valence-corrected chi connectivity index (χ4v) is 4.39. The summed E-state index contributed by atoms with van der Waals surface area (Å²) in [5.74, 6) is 0.210. The van der Waals surface area contributed by atoms with Crippen LogP contribution in [0.5, 0.6) is 0 Å². The zero-order chi connectivity index (χ0) is 15.6. The Balaban J connectivity index is 1.87. The number of hydrogen-bond donors (Lipinski definition) is 1. The van der Waals surface area contributed by atoms with Gasteiger partial charge in [-0.25, -0.2) is 0 Å². The van der Waals surface area contributed by atoms with Gasteiger partial charge in [0.25, 0.3) is 0 Å².